The molecule has 1 aromatic heterocycles. The van der Waals surface area contributed by atoms with E-state index in [0.29, 0.717) is 53.9 Å². The van der Waals surface area contributed by atoms with Crippen molar-refractivity contribution in [3.8, 4) is 11.3 Å². The first-order valence-corrected chi connectivity index (χ1v) is 14.0. The number of carboxylic acids is 2. The van der Waals surface area contributed by atoms with E-state index in [0.717, 1.165) is 18.0 Å². The van der Waals surface area contributed by atoms with Crippen LogP contribution in [-0.2, 0) is 28.5 Å². The van der Waals surface area contributed by atoms with Crippen LogP contribution in [-0.4, -0.2) is 88.1 Å². The molecule has 3 aromatic rings. The molecule has 1 fully saturated rings. The minimum atomic E-state index is -5.00. The first-order chi connectivity index (χ1) is 21.9. The molecule has 17 heteroatoms. The first kappa shape index (κ1) is 36.8. The smallest absolute Gasteiger partial charge is 0.416 e. The van der Waals surface area contributed by atoms with Gasteiger partial charge in [-0.15, -0.1) is 0 Å². The summed E-state index contributed by atoms with van der Waals surface area (Å²) >= 11 is 6.40. The summed E-state index contributed by atoms with van der Waals surface area (Å²) in [6, 6.07) is 7.94. The maximum Gasteiger partial charge on any atom is 0.416 e. The van der Waals surface area contributed by atoms with Crippen LogP contribution in [0.4, 0.5) is 32.3 Å². The number of nitrogens with zero attached hydrogens (tertiary/aromatic N) is 5. The highest BCUT2D eigenvalue weighted by Gasteiger charge is 2.37. The lowest BCUT2D eigenvalue weighted by molar-refractivity contribution is -0.143. The monoisotopic (exact) mass is 687 g/mol. The van der Waals surface area contributed by atoms with E-state index in [1.807, 2.05) is 11.9 Å². The number of amides is 1. The molecule has 0 saturated carbocycles. The molecule has 252 valence electrons. The molecule has 0 spiro atoms. The van der Waals surface area contributed by atoms with Crippen LogP contribution in [0.2, 0.25) is 5.02 Å². The Labute approximate surface area is 269 Å². The van der Waals surface area contributed by atoms with E-state index in [1.54, 1.807) is 24.3 Å². The lowest BCUT2D eigenvalue weighted by Crippen LogP contribution is -2.45. The molecule has 47 heavy (non-hydrogen) atoms. The number of aromatic nitrogens is 2. The highest BCUT2D eigenvalue weighted by Crippen LogP contribution is 2.37. The summed E-state index contributed by atoms with van der Waals surface area (Å²) in [5.41, 5.74) is -2.59. The molecular formula is C30H28ClF6N5O5. The number of hydrogen-bond donors (Lipinski definition) is 2. The van der Waals surface area contributed by atoms with Crippen molar-refractivity contribution in [3.05, 3.63) is 88.1 Å². The van der Waals surface area contributed by atoms with Gasteiger partial charge in [0.15, 0.2) is 0 Å². The standard InChI is InChI=1S/C26H24ClF6N5O.C4H4O4/c1-36-7-9-38(10-8-36)24-34-14-20(22(35-24)19-5-3-4-6-21(19)27)23(39)37(2)15-16-11-17(25(28,29)30)13-18(12-16)26(31,32)33;5-3(6)1-2-4(7)8/h3-6,11-14H,7-10,15H2,1-2H3;1-2H,(H,5,6)(H,7,8)/b;2-1+. The number of carboxylic acid groups (broad SMARTS) is 2. The molecule has 10 nitrogen and oxygen atoms in total. The number of alkyl halides is 6. The van der Waals surface area contributed by atoms with Gasteiger partial charge in [0.25, 0.3) is 5.91 Å². The minimum absolute atomic E-state index is 0.00602. The third kappa shape index (κ3) is 10.4. The van der Waals surface area contributed by atoms with Gasteiger partial charge in [-0.3, -0.25) is 4.79 Å². The Morgan fingerprint density at radius 2 is 1.45 bits per heavy atom. The average molecular weight is 688 g/mol. The fourth-order valence-corrected chi connectivity index (χ4v) is 4.58. The normalized spacial score (nSPS) is 14.0. The molecule has 0 unspecified atom stereocenters. The number of aliphatic carboxylic acids is 2. The Balaban J connectivity index is 0.000000665. The van der Waals surface area contributed by atoms with E-state index < -0.39 is 47.9 Å². The summed E-state index contributed by atoms with van der Waals surface area (Å²) in [5, 5.41) is 15.9. The zero-order valence-electron chi connectivity index (χ0n) is 24.8. The van der Waals surface area contributed by atoms with Crippen LogP contribution in [0.25, 0.3) is 11.3 Å². The van der Waals surface area contributed by atoms with Gasteiger partial charge in [0.2, 0.25) is 5.95 Å². The SMILES string of the molecule is CN1CCN(c2ncc(C(=O)N(C)Cc3cc(C(F)(F)F)cc(C(F)(F)F)c3)c(-c3ccccc3Cl)n2)CC1.O=C(O)/C=C/C(=O)O. The Bertz CT molecular complexity index is 1590. The van der Waals surface area contributed by atoms with Crippen LogP contribution in [0.1, 0.15) is 27.0 Å². The predicted molar refractivity (Wildman–Crippen MR) is 159 cm³/mol. The fourth-order valence-electron chi connectivity index (χ4n) is 4.35. The van der Waals surface area contributed by atoms with Gasteiger partial charge < -0.3 is 24.9 Å². The van der Waals surface area contributed by atoms with Gasteiger partial charge >= 0.3 is 24.3 Å². The van der Waals surface area contributed by atoms with Gasteiger partial charge in [-0.05, 0) is 36.9 Å². The van der Waals surface area contributed by atoms with Crippen LogP contribution >= 0.6 is 11.6 Å². The average Bonchev–Trinajstić information content (AvgIpc) is 2.99. The molecule has 0 radical (unpaired) electrons. The second-order valence-electron chi connectivity index (χ2n) is 10.3. The second kappa shape index (κ2) is 15.3. The topological polar surface area (TPSA) is 127 Å². The molecular weight excluding hydrogens is 660 g/mol. The van der Waals surface area contributed by atoms with Gasteiger partial charge in [0.05, 0.1) is 22.4 Å². The van der Waals surface area contributed by atoms with Crippen molar-refractivity contribution in [3.63, 3.8) is 0 Å². The zero-order valence-corrected chi connectivity index (χ0v) is 25.6. The summed E-state index contributed by atoms with van der Waals surface area (Å²) in [5.74, 6) is -2.83. The van der Waals surface area contributed by atoms with Crippen molar-refractivity contribution in [2.75, 3.05) is 45.2 Å². The second-order valence-corrected chi connectivity index (χ2v) is 10.7. The van der Waals surface area contributed by atoms with E-state index in [1.165, 1.54) is 13.2 Å². The van der Waals surface area contributed by atoms with E-state index in [2.05, 4.69) is 14.9 Å². The Kier molecular flexibility index (Phi) is 11.9. The van der Waals surface area contributed by atoms with Gasteiger partial charge in [0, 0.05) is 68.7 Å². The summed E-state index contributed by atoms with van der Waals surface area (Å²) in [7, 11) is 3.27. The van der Waals surface area contributed by atoms with E-state index in [4.69, 9.17) is 21.8 Å². The number of piperazine rings is 1. The van der Waals surface area contributed by atoms with Crippen molar-refractivity contribution in [1.82, 2.24) is 19.8 Å². The zero-order chi connectivity index (χ0) is 35.1. The number of carbonyl (C=O) groups is 3. The molecule has 1 amide bonds. The number of anilines is 1. The molecule has 1 saturated heterocycles. The van der Waals surface area contributed by atoms with Crippen molar-refractivity contribution in [2.24, 2.45) is 0 Å². The maximum atomic E-state index is 13.5. The lowest BCUT2D eigenvalue weighted by Gasteiger charge is -2.32. The number of benzene rings is 2. The first-order valence-electron chi connectivity index (χ1n) is 13.6. The molecule has 1 aliphatic heterocycles. The molecule has 0 atom stereocenters. The number of rotatable bonds is 7. The van der Waals surface area contributed by atoms with Gasteiger partial charge in [-0.1, -0.05) is 29.8 Å². The third-order valence-electron chi connectivity index (χ3n) is 6.70. The van der Waals surface area contributed by atoms with E-state index in [9.17, 15) is 40.7 Å². The van der Waals surface area contributed by atoms with Crippen LogP contribution in [0.5, 0.6) is 0 Å². The Morgan fingerprint density at radius 1 is 0.915 bits per heavy atom. The molecule has 4 rings (SSSR count). The van der Waals surface area contributed by atoms with Crippen LogP contribution in [0.3, 0.4) is 0 Å². The molecule has 2 heterocycles. The van der Waals surface area contributed by atoms with Gasteiger partial charge in [-0.25, -0.2) is 19.6 Å². The van der Waals surface area contributed by atoms with E-state index >= 15 is 0 Å². The van der Waals surface area contributed by atoms with Crippen molar-refractivity contribution < 1.29 is 50.9 Å². The lowest BCUT2D eigenvalue weighted by atomic mass is 10.0. The molecule has 1 aliphatic rings. The van der Waals surface area contributed by atoms with Gasteiger partial charge in [-0.2, -0.15) is 26.3 Å². The van der Waals surface area contributed by atoms with Crippen molar-refractivity contribution >= 4 is 35.4 Å². The highest BCUT2D eigenvalue weighted by molar-refractivity contribution is 6.33. The highest BCUT2D eigenvalue weighted by atomic mass is 35.5. The van der Waals surface area contributed by atoms with E-state index in [-0.39, 0.29) is 22.9 Å². The molecule has 2 aromatic carbocycles. The van der Waals surface area contributed by atoms with Crippen LogP contribution < -0.4 is 4.90 Å². The number of carbonyl (C=O) groups excluding carboxylic acids is 1. The Morgan fingerprint density at radius 3 is 1.94 bits per heavy atom. The number of halogens is 7. The molecule has 0 bridgehead atoms. The van der Waals surface area contributed by atoms with Crippen LogP contribution in [0.15, 0.2) is 60.8 Å². The maximum absolute atomic E-state index is 13.5. The molecule has 0 aliphatic carbocycles. The largest absolute Gasteiger partial charge is 0.478 e. The molecule has 2 N–H and O–H groups in total. The summed E-state index contributed by atoms with van der Waals surface area (Å²) in [4.78, 5) is 46.7. The number of hydrogen-bond acceptors (Lipinski definition) is 7. The van der Waals surface area contributed by atoms with Gasteiger partial charge in [0.1, 0.15) is 0 Å². The third-order valence-corrected chi connectivity index (χ3v) is 7.03. The Hall–Kier alpha value is -4.70. The fraction of sp³-hybridized carbons (Fsp3) is 0.300. The summed E-state index contributed by atoms with van der Waals surface area (Å²) in [6.45, 7) is 2.36. The summed E-state index contributed by atoms with van der Waals surface area (Å²) in [6.07, 6.45) is -7.57. The van der Waals surface area contributed by atoms with Crippen molar-refractivity contribution in [2.45, 2.75) is 18.9 Å². The predicted octanol–water partition coefficient (Wildman–Crippen LogP) is 5.57. The summed E-state index contributed by atoms with van der Waals surface area (Å²) < 4.78 is 79.8. The quantitative estimate of drug-likeness (QED) is 0.242. The number of likely N-dealkylation sites (N-methyl/N-ethyl adjacent to an activating group) is 1. The van der Waals surface area contributed by atoms with Crippen LogP contribution in [0, 0.1) is 0 Å². The minimum Gasteiger partial charge on any atom is -0.478 e. The van der Waals surface area contributed by atoms with Crippen molar-refractivity contribution in [1.29, 1.82) is 0 Å².